The largest absolute Gasteiger partial charge is 0.497 e. The molecule has 3 aromatic rings. The summed E-state index contributed by atoms with van der Waals surface area (Å²) < 4.78 is 6.79. The van der Waals surface area contributed by atoms with E-state index in [-0.39, 0.29) is 23.8 Å². The number of methoxy groups -OCH3 is 1. The number of hydrogen-bond donors (Lipinski definition) is 1. The number of piperazine rings is 1. The third kappa shape index (κ3) is 4.93. The van der Waals surface area contributed by atoms with Gasteiger partial charge in [-0.3, -0.25) is 19.1 Å². The summed E-state index contributed by atoms with van der Waals surface area (Å²) in [5.41, 5.74) is 2.36. The maximum Gasteiger partial charge on any atom is 0.258 e. The van der Waals surface area contributed by atoms with Crippen molar-refractivity contribution in [2.75, 3.05) is 32.1 Å². The molecule has 1 saturated heterocycles. The van der Waals surface area contributed by atoms with Crippen LogP contribution in [0.1, 0.15) is 39.2 Å². The first-order chi connectivity index (χ1) is 16.4. The van der Waals surface area contributed by atoms with Crippen LogP contribution in [-0.4, -0.2) is 64.0 Å². The van der Waals surface area contributed by atoms with Crippen LogP contribution in [0.4, 0.5) is 5.69 Å². The number of aryl methyl sites for hydroxylation is 1. The fraction of sp³-hybridized carbons (Fsp3) is 0.280. The van der Waals surface area contributed by atoms with Gasteiger partial charge in [0.25, 0.3) is 11.8 Å². The van der Waals surface area contributed by atoms with Crippen LogP contribution in [0.25, 0.3) is 0 Å². The van der Waals surface area contributed by atoms with Gasteiger partial charge in [0, 0.05) is 51.1 Å². The first-order valence-corrected chi connectivity index (χ1v) is 11.0. The predicted molar refractivity (Wildman–Crippen MR) is 127 cm³/mol. The van der Waals surface area contributed by atoms with Crippen LogP contribution in [-0.2, 0) is 11.8 Å². The van der Waals surface area contributed by atoms with Crippen molar-refractivity contribution in [1.82, 2.24) is 19.6 Å². The predicted octanol–water partition coefficient (Wildman–Crippen LogP) is 2.73. The van der Waals surface area contributed by atoms with Gasteiger partial charge in [-0.2, -0.15) is 5.10 Å². The zero-order valence-corrected chi connectivity index (χ0v) is 19.4. The summed E-state index contributed by atoms with van der Waals surface area (Å²) in [5.74, 6) is 0.242. The molecule has 4 rings (SSSR count). The highest BCUT2D eigenvalue weighted by molar-refractivity contribution is 6.04. The number of aromatic nitrogens is 2. The number of benzene rings is 2. The number of hydrogen-bond acceptors (Lipinski definition) is 5. The van der Waals surface area contributed by atoms with Crippen molar-refractivity contribution in [3.8, 4) is 5.75 Å². The Morgan fingerprint density at radius 1 is 1.06 bits per heavy atom. The Kier molecular flexibility index (Phi) is 6.62. The molecule has 0 spiro atoms. The van der Waals surface area contributed by atoms with E-state index in [0.717, 1.165) is 11.3 Å². The first-order valence-electron chi connectivity index (χ1n) is 11.0. The number of nitrogens with one attached hydrogen (secondary N) is 1. The lowest BCUT2D eigenvalue weighted by Gasteiger charge is -2.41. The summed E-state index contributed by atoms with van der Waals surface area (Å²) in [4.78, 5) is 41.6. The zero-order chi connectivity index (χ0) is 24.2. The second kappa shape index (κ2) is 9.78. The summed E-state index contributed by atoms with van der Waals surface area (Å²) >= 11 is 0. The summed E-state index contributed by atoms with van der Waals surface area (Å²) in [5, 5.41) is 6.82. The van der Waals surface area contributed by atoms with E-state index >= 15 is 0 Å². The number of carbonyl (C=O) groups excluding carboxylic acids is 3. The molecule has 1 fully saturated rings. The van der Waals surface area contributed by atoms with E-state index in [1.54, 1.807) is 66.0 Å². The van der Waals surface area contributed by atoms with Gasteiger partial charge in [0.05, 0.1) is 24.9 Å². The molecular formula is C25H27N5O4. The van der Waals surface area contributed by atoms with Crippen molar-refractivity contribution in [1.29, 1.82) is 0 Å². The fourth-order valence-electron chi connectivity index (χ4n) is 4.11. The van der Waals surface area contributed by atoms with Crippen LogP contribution < -0.4 is 10.1 Å². The summed E-state index contributed by atoms with van der Waals surface area (Å²) in [6.45, 7) is 2.78. The molecule has 2 aromatic carbocycles. The Morgan fingerprint density at radius 2 is 1.82 bits per heavy atom. The Balaban J connectivity index is 1.51. The van der Waals surface area contributed by atoms with Crippen molar-refractivity contribution in [3.63, 3.8) is 0 Å². The summed E-state index contributed by atoms with van der Waals surface area (Å²) in [6, 6.07) is 14.1. The SMILES string of the molecule is COc1ccc([C@@H]2CN(C(=O)c3cccc(NC(=O)c4cnn(C)c4)c3)CCN2C(C)=O)cc1. The van der Waals surface area contributed by atoms with Gasteiger partial charge in [-0.1, -0.05) is 18.2 Å². The molecule has 9 heteroatoms. The van der Waals surface area contributed by atoms with Crippen molar-refractivity contribution in [3.05, 3.63) is 77.6 Å². The average molecular weight is 462 g/mol. The molecule has 0 radical (unpaired) electrons. The van der Waals surface area contributed by atoms with Crippen LogP contribution in [0, 0.1) is 0 Å². The van der Waals surface area contributed by atoms with Crippen molar-refractivity contribution >= 4 is 23.4 Å². The lowest BCUT2D eigenvalue weighted by atomic mass is 10.0. The van der Waals surface area contributed by atoms with Crippen LogP contribution in [0.15, 0.2) is 60.9 Å². The van der Waals surface area contributed by atoms with Crippen molar-refractivity contribution in [2.45, 2.75) is 13.0 Å². The Morgan fingerprint density at radius 3 is 2.47 bits per heavy atom. The Hall–Kier alpha value is -4.14. The molecule has 1 N–H and O–H groups in total. The summed E-state index contributed by atoms with van der Waals surface area (Å²) in [6.07, 6.45) is 3.11. The van der Waals surface area contributed by atoms with E-state index in [1.165, 1.54) is 6.20 Å². The van der Waals surface area contributed by atoms with Gasteiger partial charge in [-0.05, 0) is 35.9 Å². The molecule has 0 unspecified atom stereocenters. The number of rotatable bonds is 5. The molecule has 34 heavy (non-hydrogen) atoms. The molecule has 1 aromatic heterocycles. The minimum atomic E-state index is -0.299. The lowest BCUT2D eigenvalue weighted by molar-refractivity contribution is -0.133. The number of ether oxygens (including phenoxy) is 1. The average Bonchev–Trinajstić information content (AvgIpc) is 3.30. The number of carbonyl (C=O) groups is 3. The molecule has 1 aliphatic rings. The van der Waals surface area contributed by atoms with Gasteiger partial charge < -0.3 is 19.9 Å². The molecule has 9 nitrogen and oxygen atoms in total. The molecular weight excluding hydrogens is 434 g/mol. The third-order valence-electron chi connectivity index (χ3n) is 5.91. The van der Waals surface area contributed by atoms with E-state index in [2.05, 4.69) is 10.4 Å². The van der Waals surface area contributed by atoms with E-state index < -0.39 is 0 Å². The minimum absolute atomic E-state index is 0.0342. The van der Waals surface area contributed by atoms with E-state index in [1.807, 2.05) is 24.3 Å². The number of amides is 3. The highest BCUT2D eigenvalue weighted by Crippen LogP contribution is 2.28. The molecule has 1 atom stereocenters. The van der Waals surface area contributed by atoms with Crippen LogP contribution in [0.3, 0.4) is 0 Å². The van der Waals surface area contributed by atoms with Crippen LogP contribution in [0.2, 0.25) is 0 Å². The monoisotopic (exact) mass is 461 g/mol. The molecule has 0 aliphatic carbocycles. The van der Waals surface area contributed by atoms with Crippen LogP contribution >= 0.6 is 0 Å². The Labute approximate surface area is 197 Å². The van der Waals surface area contributed by atoms with E-state index in [4.69, 9.17) is 4.74 Å². The number of anilines is 1. The van der Waals surface area contributed by atoms with Gasteiger partial charge >= 0.3 is 0 Å². The van der Waals surface area contributed by atoms with Crippen molar-refractivity contribution in [2.24, 2.45) is 7.05 Å². The second-order valence-electron chi connectivity index (χ2n) is 8.19. The molecule has 176 valence electrons. The Bertz CT molecular complexity index is 1200. The first kappa shape index (κ1) is 23.0. The van der Waals surface area contributed by atoms with Gasteiger partial charge in [-0.15, -0.1) is 0 Å². The van der Waals surface area contributed by atoms with Gasteiger partial charge in [0.15, 0.2) is 0 Å². The third-order valence-corrected chi connectivity index (χ3v) is 5.91. The van der Waals surface area contributed by atoms with Gasteiger partial charge in [-0.25, -0.2) is 0 Å². The maximum absolute atomic E-state index is 13.3. The normalized spacial score (nSPS) is 15.7. The quantitative estimate of drug-likeness (QED) is 0.630. The standard InChI is InChI=1S/C25H27N5O4/c1-17(31)30-12-11-29(16-23(30)18-7-9-22(34-3)10-8-18)25(33)19-5-4-6-21(13-19)27-24(32)20-14-26-28(2)15-20/h4-10,13-15,23H,11-12,16H2,1-3H3,(H,27,32)/t23-/m0/s1. The molecule has 2 heterocycles. The second-order valence-corrected chi connectivity index (χ2v) is 8.19. The van der Waals surface area contributed by atoms with E-state index in [9.17, 15) is 14.4 Å². The molecule has 0 saturated carbocycles. The zero-order valence-electron chi connectivity index (χ0n) is 19.4. The summed E-state index contributed by atoms with van der Waals surface area (Å²) in [7, 11) is 3.34. The van der Waals surface area contributed by atoms with E-state index in [0.29, 0.717) is 36.4 Å². The molecule has 3 amide bonds. The highest BCUT2D eigenvalue weighted by Gasteiger charge is 2.32. The molecule has 1 aliphatic heterocycles. The lowest BCUT2D eigenvalue weighted by Crippen LogP contribution is -2.51. The van der Waals surface area contributed by atoms with Crippen LogP contribution in [0.5, 0.6) is 5.75 Å². The van der Waals surface area contributed by atoms with Crippen molar-refractivity contribution < 1.29 is 19.1 Å². The topological polar surface area (TPSA) is 96.8 Å². The minimum Gasteiger partial charge on any atom is -0.497 e. The van der Waals surface area contributed by atoms with Gasteiger partial charge in [0.2, 0.25) is 5.91 Å². The van der Waals surface area contributed by atoms with Gasteiger partial charge in [0.1, 0.15) is 5.75 Å². The number of nitrogens with zero attached hydrogens (tertiary/aromatic N) is 4. The smallest absolute Gasteiger partial charge is 0.258 e. The highest BCUT2D eigenvalue weighted by atomic mass is 16.5. The molecule has 0 bridgehead atoms. The fourth-order valence-corrected chi connectivity index (χ4v) is 4.11. The maximum atomic E-state index is 13.3.